The number of likely N-dealkylation sites (tertiary alicyclic amines) is 1. The predicted octanol–water partition coefficient (Wildman–Crippen LogP) is 2.50. The fourth-order valence-corrected chi connectivity index (χ4v) is 4.08. The molecule has 0 aromatic carbocycles. The first-order chi connectivity index (χ1) is 15.8. The molecule has 2 aromatic heterocycles. The van der Waals surface area contributed by atoms with Crippen molar-refractivity contribution in [3.8, 4) is 5.75 Å². The molecule has 4 heterocycles. The fraction of sp³-hybridized carbons (Fsp3) is 0.609. The predicted molar refractivity (Wildman–Crippen MR) is 122 cm³/mol. The Bertz CT molecular complexity index is 840. The van der Waals surface area contributed by atoms with E-state index in [9.17, 15) is 0 Å². The Morgan fingerprint density at radius 2 is 1.91 bits per heavy atom. The van der Waals surface area contributed by atoms with E-state index in [4.69, 9.17) is 14.2 Å². The minimum Gasteiger partial charge on any atom is -0.495 e. The van der Waals surface area contributed by atoms with Gasteiger partial charge in [-0.15, -0.1) is 0 Å². The number of rotatable bonds is 11. The summed E-state index contributed by atoms with van der Waals surface area (Å²) in [6.07, 6.45) is 7.96. The molecule has 0 bridgehead atoms. The van der Waals surface area contributed by atoms with Gasteiger partial charge in [0.25, 0.3) is 0 Å². The number of ether oxygens (including phenoxy) is 3. The lowest BCUT2D eigenvalue weighted by atomic mass is 10.1. The molecule has 0 unspecified atom stereocenters. The lowest BCUT2D eigenvalue weighted by Crippen LogP contribution is -2.34. The van der Waals surface area contributed by atoms with Crippen molar-refractivity contribution in [2.75, 3.05) is 51.9 Å². The maximum Gasteiger partial charge on any atom is 0.142 e. The van der Waals surface area contributed by atoms with Crippen LogP contribution in [0.2, 0.25) is 0 Å². The summed E-state index contributed by atoms with van der Waals surface area (Å²) in [4.78, 5) is 15.6. The van der Waals surface area contributed by atoms with E-state index >= 15 is 0 Å². The number of hydrogen-bond acceptors (Lipinski definition) is 9. The molecule has 174 valence electrons. The molecule has 9 heteroatoms. The molecule has 0 saturated carbocycles. The van der Waals surface area contributed by atoms with Gasteiger partial charge in [-0.2, -0.15) is 0 Å². The molecular weight excluding hydrogens is 408 g/mol. The van der Waals surface area contributed by atoms with E-state index in [1.165, 1.54) is 25.9 Å². The Hall–Kier alpha value is -2.33. The van der Waals surface area contributed by atoms with Gasteiger partial charge in [0.15, 0.2) is 0 Å². The van der Waals surface area contributed by atoms with Crippen LogP contribution >= 0.6 is 0 Å². The zero-order valence-electron chi connectivity index (χ0n) is 18.9. The third-order valence-corrected chi connectivity index (χ3v) is 5.95. The molecule has 0 radical (unpaired) electrons. The van der Waals surface area contributed by atoms with Crippen LogP contribution in [0.5, 0.6) is 5.75 Å². The number of hydrogen-bond donors (Lipinski definition) is 2. The van der Waals surface area contributed by atoms with Crippen LogP contribution in [0.25, 0.3) is 0 Å². The number of aromatic nitrogens is 3. The van der Waals surface area contributed by atoms with Gasteiger partial charge < -0.3 is 29.7 Å². The Kier molecular flexibility index (Phi) is 8.61. The molecule has 2 aromatic rings. The second-order valence-electron chi connectivity index (χ2n) is 8.27. The summed E-state index contributed by atoms with van der Waals surface area (Å²) < 4.78 is 16.8. The van der Waals surface area contributed by atoms with Crippen molar-refractivity contribution < 1.29 is 14.2 Å². The lowest BCUT2D eigenvalue weighted by molar-refractivity contribution is 0.0775. The zero-order valence-corrected chi connectivity index (χ0v) is 18.9. The molecule has 0 amide bonds. The van der Waals surface area contributed by atoms with Crippen molar-refractivity contribution in [1.29, 1.82) is 0 Å². The number of nitrogens with one attached hydrogen (secondary N) is 2. The van der Waals surface area contributed by atoms with Gasteiger partial charge in [-0.05, 0) is 44.8 Å². The summed E-state index contributed by atoms with van der Waals surface area (Å²) in [5.41, 5.74) is 1.90. The molecule has 4 rings (SSSR count). The van der Waals surface area contributed by atoms with E-state index in [0.29, 0.717) is 37.4 Å². The van der Waals surface area contributed by atoms with Crippen molar-refractivity contribution in [3.63, 3.8) is 0 Å². The fourth-order valence-electron chi connectivity index (χ4n) is 4.08. The first kappa shape index (κ1) is 22.8. The summed E-state index contributed by atoms with van der Waals surface area (Å²) in [6, 6.07) is 4.38. The van der Waals surface area contributed by atoms with Crippen LogP contribution in [0.3, 0.4) is 0 Å². The average molecular weight is 443 g/mol. The van der Waals surface area contributed by atoms with Gasteiger partial charge in [-0.1, -0.05) is 0 Å². The molecule has 2 N–H and O–H groups in total. The highest BCUT2D eigenvalue weighted by Gasteiger charge is 2.14. The molecule has 0 spiro atoms. The Morgan fingerprint density at radius 1 is 1.09 bits per heavy atom. The van der Waals surface area contributed by atoms with E-state index in [1.807, 2.05) is 12.1 Å². The molecule has 9 nitrogen and oxygen atoms in total. The molecule has 2 aliphatic rings. The topological polar surface area (TPSA) is 93.7 Å². The van der Waals surface area contributed by atoms with Gasteiger partial charge in [0.05, 0.1) is 32.2 Å². The normalized spacial score (nSPS) is 17.5. The highest BCUT2D eigenvalue weighted by molar-refractivity contribution is 5.54. The van der Waals surface area contributed by atoms with Crippen LogP contribution < -0.4 is 15.4 Å². The molecule has 0 aliphatic carbocycles. The second kappa shape index (κ2) is 12.1. The first-order valence-corrected chi connectivity index (χ1v) is 11.5. The van der Waals surface area contributed by atoms with Gasteiger partial charge in [0.1, 0.15) is 23.7 Å². The van der Waals surface area contributed by atoms with Crippen LogP contribution in [-0.4, -0.2) is 72.5 Å². The van der Waals surface area contributed by atoms with Crippen LogP contribution in [0.4, 0.5) is 11.6 Å². The third-order valence-electron chi connectivity index (χ3n) is 5.95. The highest BCUT2D eigenvalue weighted by atomic mass is 16.5. The van der Waals surface area contributed by atoms with Crippen LogP contribution in [0.15, 0.2) is 24.7 Å². The molecule has 2 fully saturated rings. The van der Waals surface area contributed by atoms with Crippen molar-refractivity contribution in [2.24, 2.45) is 0 Å². The summed E-state index contributed by atoms with van der Waals surface area (Å²) >= 11 is 0. The zero-order chi connectivity index (χ0) is 22.0. The third kappa shape index (κ3) is 6.83. The van der Waals surface area contributed by atoms with Gasteiger partial charge in [0, 0.05) is 44.0 Å². The Labute approximate surface area is 189 Å². The van der Waals surface area contributed by atoms with E-state index in [0.717, 1.165) is 49.6 Å². The molecule has 0 atom stereocenters. The van der Waals surface area contributed by atoms with Crippen molar-refractivity contribution >= 4 is 11.6 Å². The molecular formula is C23H34N6O3. The Balaban J connectivity index is 1.31. The molecule has 2 aliphatic heterocycles. The number of nitrogens with zero attached hydrogens (tertiary/aromatic N) is 4. The molecule has 32 heavy (non-hydrogen) atoms. The van der Waals surface area contributed by atoms with Gasteiger partial charge in [-0.25, -0.2) is 15.0 Å². The number of pyridine rings is 1. The van der Waals surface area contributed by atoms with Crippen molar-refractivity contribution in [2.45, 2.75) is 44.9 Å². The number of methoxy groups -OCH3 is 1. The van der Waals surface area contributed by atoms with E-state index in [2.05, 4.69) is 30.5 Å². The second-order valence-corrected chi connectivity index (χ2v) is 8.27. The smallest absolute Gasteiger partial charge is 0.142 e. The summed E-state index contributed by atoms with van der Waals surface area (Å²) in [5, 5.41) is 6.83. The maximum atomic E-state index is 5.92. The quantitative estimate of drug-likeness (QED) is 0.509. The first-order valence-electron chi connectivity index (χ1n) is 11.5. The van der Waals surface area contributed by atoms with Crippen LogP contribution in [0, 0.1) is 0 Å². The maximum absolute atomic E-state index is 5.92. The van der Waals surface area contributed by atoms with Gasteiger partial charge in [-0.3, -0.25) is 0 Å². The van der Waals surface area contributed by atoms with Gasteiger partial charge in [0.2, 0.25) is 0 Å². The van der Waals surface area contributed by atoms with Crippen LogP contribution in [0.1, 0.15) is 36.9 Å². The minimum absolute atomic E-state index is 0.478. The minimum atomic E-state index is 0.478. The summed E-state index contributed by atoms with van der Waals surface area (Å²) in [6.45, 7) is 6.88. The number of anilines is 2. The van der Waals surface area contributed by atoms with E-state index in [1.54, 1.807) is 19.6 Å². The standard InChI is InChI=1S/C23H34N6O3/c1-30-21-15-25-22(12-18(21)16-32-11-8-29-6-2-3-7-29)28-23-13-20(26-17-27-23)14-24-19-4-9-31-10-5-19/h12-13,15,17,19,24H,2-11,14,16H2,1H3,(H,25,26,27,28). The SMILES string of the molecule is COc1cnc(Nc2cc(CNC3CCOCC3)ncn2)cc1COCCN1CCCC1. The largest absolute Gasteiger partial charge is 0.495 e. The van der Waals surface area contributed by atoms with E-state index in [-0.39, 0.29) is 0 Å². The summed E-state index contributed by atoms with van der Waals surface area (Å²) in [5.74, 6) is 2.13. The Morgan fingerprint density at radius 3 is 2.72 bits per heavy atom. The van der Waals surface area contributed by atoms with Crippen molar-refractivity contribution in [1.82, 2.24) is 25.2 Å². The van der Waals surface area contributed by atoms with Crippen molar-refractivity contribution in [3.05, 3.63) is 35.9 Å². The molecule has 2 saturated heterocycles. The highest BCUT2D eigenvalue weighted by Crippen LogP contribution is 2.23. The van der Waals surface area contributed by atoms with Gasteiger partial charge >= 0.3 is 0 Å². The summed E-state index contributed by atoms with van der Waals surface area (Å²) in [7, 11) is 1.65. The lowest BCUT2D eigenvalue weighted by Gasteiger charge is -2.23. The monoisotopic (exact) mass is 442 g/mol. The van der Waals surface area contributed by atoms with Crippen LogP contribution in [-0.2, 0) is 22.6 Å². The van der Waals surface area contributed by atoms with E-state index < -0.39 is 0 Å². The average Bonchev–Trinajstić information content (AvgIpc) is 3.35.